The fourth-order valence-corrected chi connectivity index (χ4v) is 5.25. The second-order valence-electron chi connectivity index (χ2n) is 9.51. The summed E-state index contributed by atoms with van der Waals surface area (Å²) < 4.78 is 87.2. The molecule has 2 N–H and O–H groups in total. The van der Waals surface area contributed by atoms with Gasteiger partial charge in [0, 0.05) is 59.2 Å². The quantitative estimate of drug-likeness (QED) is 0.235. The third kappa shape index (κ3) is 6.29. The molecule has 4 aromatic rings. The van der Waals surface area contributed by atoms with Crippen LogP contribution in [0.25, 0.3) is 10.9 Å². The smallest absolute Gasteiger partial charge is 0.433 e. The third-order valence-corrected chi connectivity index (χ3v) is 7.14. The van der Waals surface area contributed by atoms with Gasteiger partial charge in [-0.1, -0.05) is 11.6 Å². The zero-order valence-corrected chi connectivity index (χ0v) is 22.7. The summed E-state index contributed by atoms with van der Waals surface area (Å²) in [6.07, 6.45) is -6.91. The molecule has 17 heteroatoms. The summed E-state index contributed by atoms with van der Waals surface area (Å²) in [5.41, 5.74) is -0.827. The van der Waals surface area contributed by atoms with Crippen LogP contribution < -0.4 is 9.80 Å². The Kier molecular flexibility index (Phi) is 8.34. The van der Waals surface area contributed by atoms with Crippen molar-refractivity contribution in [2.75, 3.05) is 42.6 Å². The van der Waals surface area contributed by atoms with Gasteiger partial charge >= 0.3 is 12.4 Å². The van der Waals surface area contributed by atoms with Crippen LogP contribution in [0.1, 0.15) is 34.3 Å². The largest absolute Gasteiger partial charge is 0.483 e. The highest BCUT2D eigenvalue weighted by atomic mass is 35.5. The maximum absolute atomic E-state index is 13.6. The Morgan fingerprint density at radius 3 is 2.14 bits per heavy atom. The highest BCUT2D eigenvalue weighted by Crippen LogP contribution is 2.42. The lowest BCUT2D eigenvalue weighted by Gasteiger charge is -2.36. The first kappa shape index (κ1) is 30.3. The molecule has 0 saturated carbocycles. The average Bonchev–Trinajstić information content (AvgIpc) is 3.34. The maximum atomic E-state index is 13.6. The molecule has 2 aliphatic heterocycles. The Hall–Kier alpha value is -4.18. The first-order valence-electron chi connectivity index (χ1n) is 12.7. The molecule has 0 spiro atoms. The van der Waals surface area contributed by atoms with Crippen LogP contribution in [-0.2, 0) is 28.3 Å². The number of nitrogens with one attached hydrogen (secondary N) is 1. The van der Waals surface area contributed by atoms with Gasteiger partial charge in [-0.25, -0.2) is 19.9 Å². The Morgan fingerprint density at radius 2 is 1.56 bits per heavy atom. The molecule has 1 unspecified atom stereocenters. The molecule has 1 fully saturated rings. The normalized spacial score (nSPS) is 17.3. The van der Waals surface area contributed by atoms with E-state index in [4.69, 9.17) is 26.2 Å². The number of alkyl halides is 6. The summed E-state index contributed by atoms with van der Waals surface area (Å²) in [6.45, 7) is 1.97. The summed E-state index contributed by atoms with van der Waals surface area (Å²) in [6, 6.07) is 4.22. The van der Waals surface area contributed by atoms with Crippen molar-refractivity contribution in [1.82, 2.24) is 24.9 Å². The number of fused-ring (bicyclic) bond motifs is 3. The summed E-state index contributed by atoms with van der Waals surface area (Å²) in [5, 5.41) is 8.18. The fraction of sp³-hybridized carbons (Fsp3) is 0.346. The molecule has 10 nitrogen and oxygen atoms in total. The summed E-state index contributed by atoms with van der Waals surface area (Å²) in [5.74, 6) is -0.264. The molecule has 3 aromatic heterocycles. The number of ether oxygens (including phenoxy) is 1. The second-order valence-corrected chi connectivity index (χ2v) is 9.94. The minimum Gasteiger partial charge on any atom is -0.483 e. The van der Waals surface area contributed by atoms with E-state index < -0.39 is 35.7 Å². The first-order valence-corrected chi connectivity index (χ1v) is 13.1. The summed E-state index contributed by atoms with van der Waals surface area (Å²) in [7, 11) is 0. The molecule has 6 rings (SSSR count). The van der Waals surface area contributed by atoms with Crippen molar-refractivity contribution in [2.24, 2.45) is 0 Å². The first-order chi connectivity index (χ1) is 20.4. The van der Waals surface area contributed by atoms with Gasteiger partial charge in [0.1, 0.15) is 6.04 Å². The van der Waals surface area contributed by atoms with Crippen LogP contribution in [0.4, 0.5) is 38.2 Å². The molecule has 0 amide bonds. The van der Waals surface area contributed by atoms with Gasteiger partial charge in [0.15, 0.2) is 11.4 Å². The van der Waals surface area contributed by atoms with Gasteiger partial charge in [0.2, 0.25) is 11.9 Å². The third-order valence-electron chi connectivity index (χ3n) is 6.91. The molecule has 0 radical (unpaired) electrons. The van der Waals surface area contributed by atoms with Crippen LogP contribution in [0.15, 0.2) is 36.7 Å². The lowest BCUT2D eigenvalue weighted by Crippen LogP contribution is -2.39. The number of carboxylic acid groups (broad SMARTS) is 1. The van der Waals surface area contributed by atoms with E-state index in [0.29, 0.717) is 60.5 Å². The predicted octanol–water partition coefficient (Wildman–Crippen LogP) is 5.13. The molecule has 0 aliphatic carbocycles. The summed E-state index contributed by atoms with van der Waals surface area (Å²) >= 11 is 6.22. The Bertz CT molecular complexity index is 1580. The minimum atomic E-state index is -5.12. The number of benzene rings is 1. The number of rotatable bonds is 3. The number of hydrogen-bond acceptors (Lipinski definition) is 8. The van der Waals surface area contributed by atoms with E-state index in [1.54, 1.807) is 18.2 Å². The van der Waals surface area contributed by atoms with Crippen molar-refractivity contribution < 1.29 is 41.0 Å². The Morgan fingerprint density at radius 1 is 0.953 bits per heavy atom. The number of anilines is 2. The Labute approximate surface area is 244 Å². The van der Waals surface area contributed by atoms with Crippen molar-refractivity contribution in [3.05, 3.63) is 69.9 Å². The molecule has 0 bridgehead atoms. The number of aromatic amines is 1. The molecule has 43 heavy (non-hydrogen) atoms. The van der Waals surface area contributed by atoms with Gasteiger partial charge in [-0.3, -0.25) is 4.79 Å². The molecule has 1 aromatic carbocycles. The average molecular weight is 630 g/mol. The minimum absolute atomic E-state index is 0.0287. The van der Waals surface area contributed by atoms with Crippen molar-refractivity contribution >= 4 is 40.9 Å². The molecule has 228 valence electrons. The van der Waals surface area contributed by atoms with Crippen molar-refractivity contribution in [2.45, 2.75) is 24.8 Å². The number of aromatic nitrogens is 5. The van der Waals surface area contributed by atoms with Crippen LogP contribution in [-0.4, -0.2) is 69.3 Å². The van der Waals surface area contributed by atoms with Crippen LogP contribution in [0.3, 0.4) is 0 Å². The zero-order chi connectivity index (χ0) is 30.9. The highest BCUT2D eigenvalue weighted by molar-refractivity contribution is 6.31. The number of morpholine rings is 1. The van der Waals surface area contributed by atoms with Crippen LogP contribution in [0.5, 0.6) is 0 Å². The lowest BCUT2D eigenvalue weighted by atomic mass is 9.94. The van der Waals surface area contributed by atoms with Crippen molar-refractivity contribution in [3.8, 4) is 0 Å². The van der Waals surface area contributed by atoms with E-state index in [-0.39, 0.29) is 19.1 Å². The van der Waals surface area contributed by atoms with E-state index in [2.05, 4.69) is 24.9 Å². The molecule has 1 atom stereocenters. The summed E-state index contributed by atoms with van der Waals surface area (Å²) in [4.78, 5) is 30.9. The van der Waals surface area contributed by atoms with Gasteiger partial charge in [-0.05, 0) is 36.2 Å². The van der Waals surface area contributed by atoms with E-state index in [1.165, 1.54) is 17.3 Å². The molecular weight excluding hydrogens is 608 g/mol. The van der Waals surface area contributed by atoms with Crippen molar-refractivity contribution in [3.63, 3.8) is 0 Å². The van der Waals surface area contributed by atoms with Gasteiger partial charge in [0.05, 0.1) is 13.2 Å². The van der Waals surface area contributed by atoms with E-state index in [9.17, 15) is 26.3 Å². The Balaban J connectivity index is 0.00000118. The molecule has 5 heterocycles. The van der Waals surface area contributed by atoms with E-state index in [1.807, 2.05) is 4.90 Å². The SMILES string of the molecule is FC(F)(F)c1cc(C(F)(F)F)nc(N2CCc3c([nH]c4ccc(Cl)cc34)C2c2cnc(N3CCOCC3)nc2)n1.O=CO. The van der Waals surface area contributed by atoms with Gasteiger partial charge < -0.3 is 24.6 Å². The standard InChI is InChI=1S/C25H20ClF6N7O.CH2O2/c26-14-1-2-17-16(9-14)15-3-4-39(23-36-18(24(27,28)29)10-19(37-23)25(30,31)32)21(20(15)35-17)13-11-33-22(34-12-13)38-5-7-40-8-6-38;2-1-3/h1-2,9-12,21,35H,3-8H2;1H,(H,2,3). The van der Waals surface area contributed by atoms with Gasteiger partial charge in [-0.2, -0.15) is 26.3 Å². The van der Waals surface area contributed by atoms with Gasteiger partial charge in [-0.15, -0.1) is 0 Å². The second kappa shape index (κ2) is 11.8. The van der Waals surface area contributed by atoms with Crippen LogP contribution in [0, 0.1) is 0 Å². The number of halogens is 7. The van der Waals surface area contributed by atoms with Crippen molar-refractivity contribution in [1.29, 1.82) is 0 Å². The van der Waals surface area contributed by atoms with Gasteiger partial charge in [0.25, 0.3) is 6.47 Å². The zero-order valence-electron chi connectivity index (χ0n) is 22.0. The number of nitrogens with zero attached hydrogens (tertiary/aromatic N) is 6. The highest BCUT2D eigenvalue weighted by Gasteiger charge is 2.42. The fourth-order valence-electron chi connectivity index (χ4n) is 5.08. The molecule has 2 aliphatic rings. The topological polar surface area (TPSA) is 120 Å². The number of carbonyl (C=O) groups is 1. The van der Waals surface area contributed by atoms with E-state index in [0.717, 1.165) is 10.9 Å². The molecule has 1 saturated heterocycles. The van der Waals surface area contributed by atoms with Crippen LogP contribution >= 0.6 is 11.6 Å². The monoisotopic (exact) mass is 629 g/mol. The number of hydrogen-bond donors (Lipinski definition) is 2. The predicted molar refractivity (Wildman–Crippen MR) is 142 cm³/mol. The van der Waals surface area contributed by atoms with E-state index >= 15 is 0 Å². The number of H-pyrrole nitrogens is 1. The maximum Gasteiger partial charge on any atom is 0.433 e. The lowest BCUT2D eigenvalue weighted by molar-refractivity contribution is -0.147. The van der Waals surface area contributed by atoms with Crippen LogP contribution in [0.2, 0.25) is 5.02 Å². The molecular formula is C26H22ClF6N7O3.